The van der Waals surface area contributed by atoms with Crippen molar-refractivity contribution in [1.29, 1.82) is 0 Å². The van der Waals surface area contributed by atoms with Crippen LogP contribution in [0.25, 0.3) is 0 Å². The van der Waals surface area contributed by atoms with Gasteiger partial charge in [-0.2, -0.15) is 0 Å². The van der Waals surface area contributed by atoms with Gasteiger partial charge in [-0.3, -0.25) is 0 Å². The molecule has 0 amide bonds. The lowest BCUT2D eigenvalue weighted by molar-refractivity contribution is 0.0168. The van der Waals surface area contributed by atoms with E-state index in [-0.39, 0.29) is 24.0 Å². The molecule has 2 aliphatic heterocycles. The largest absolute Gasteiger partial charge is 0.379 e. The number of guanidine groups is 1. The van der Waals surface area contributed by atoms with Crippen LogP contribution in [0.2, 0.25) is 0 Å². The van der Waals surface area contributed by atoms with Crippen LogP contribution in [0.15, 0.2) is 23.3 Å². The molecular weight excluding hydrogens is 481 g/mol. The first-order valence-corrected chi connectivity index (χ1v) is 10.8. The smallest absolute Gasteiger partial charge is 0.191 e. The van der Waals surface area contributed by atoms with E-state index in [0.29, 0.717) is 12.6 Å². The van der Waals surface area contributed by atoms with Crippen molar-refractivity contribution in [1.82, 2.24) is 15.6 Å². The number of aliphatic imine (C=N–C) groups is 1. The van der Waals surface area contributed by atoms with Gasteiger partial charge in [0.1, 0.15) is 5.82 Å². The standard InChI is InChI=1S/C21H35N5O2.HI/c1-2-22-21(24-9-6-13-27-17-19-7-5-14-28-19)25-16-18-8-10-23-20(15-18)26-11-3-4-12-26;/h8,10,15,19H,2-7,9,11-14,16-17H2,1H3,(H2,22,24,25);1H. The second-order valence-corrected chi connectivity index (χ2v) is 7.40. The summed E-state index contributed by atoms with van der Waals surface area (Å²) in [7, 11) is 0. The van der Waals surface area contributed by atoms with Crippen molar-refractivity contribution < 1.29 is 9.47 Å². The van der Waals surface area contributed by atoms with Crippen LogP contribution in [0.3, 0.4) is 0 Å². The Kier molecular flexibility index (Phi) is 11.6. The zero-order valence-corrected chi connectivity index (χ0v) is 19.9. The molecular formula is C21H36IN5O2. The van der Waals surface area contributed by atoms with Crippen molar-refractivity contribution in [2.24, 2.45) is 4.99 Å². The molecule has 1 unspecified atom stereocenters. The van der Waals surface area contributed by atoms with Gasteiger partial charge in [-0.05, 0) is 56.7 Å². The highest BCUT2D eigenvalue weighted by Gasteiger charge is 2.15. The van der Waals surface area contributed by atoms with Crippen LogP contribution in [0.5, 0.6) is 0 Å². The van der Waals surface area contributed by atoms with Crippen molar-refractivity contribution in [2.75, 3.05) is 50.9 Å². The Labute approximate surface area is 192 Å². The third-order valence-corrected chi connectivity index (χ3v) is 5.09. The average Bonchev–Trinajstić information content (AvgIpc) is 3.43. The number of anilines is 1. The van der Waals surface area contributed by atoms with E-state index >= 15 is 0 Å². The molecule has 29 heavy (non-hydrogen) atoms. The fourth-order valence-electron chi connectivity index (χ4n) is 3.56. The summed E-state index contributed by atoms with van der Waals surface area (Å²) in [4.78, 5) is 11.6. The second-order valence-electron chi connectivity index (χ2n) is 7.40. The molecule has 3 heterocycles. The van der Waals surface area contributed by atoms with Gasteiger partial charge in [0, 0.05) is 45.6 Å². The predicted molar refractivity (Wildman–Crippen MR) is 128 cm³/mol. The van der Waals surface area contributed by atoms with Crippen LogP contribution in [0.1, 0.15) is 44.6 Å². The number of ether oxygens (including phenoxy) is 2. The Hall–Kier alpha value is -1.13. The van der Waals surface area contributed by atoms with Gasteiger partial charge in [0.25, 0.3) is 0 Å². The van der Waals surface area contributed by atoms with E-state index in [1.165, 1.54) is 18.4 Å². The van der Waals surface area contributed by atoms with E-state index in [4.69, 9.17) is 14.5 Å². The summed E-state index contributed by atoms with van der Waals surface area (Å²) in [5.74, 6) is 1.92. The molecule has 0 aromatic carbocycles. The van der Waals surface area contributed by atoms with Crippen molar-refractivity contribution >= 4 is 35.8 Å². The molecule has 2 saturated heterocycles. The van der Waals surface area contributed by atoms with Gasteiger partial charge >= 0.3 is 0 Å². The maximum Gasteiger partial charge on any atom is 0.191 e. The first-order valence-electron chi connectivity index (χ1n) is 10.8. The highest BCUT2D eigenvalue weighted by atomic mass is 127. The van der Waals surface area contributed by atoms with E-state index in [0.717, 1.165) is 77.0 Å². The van der Waals surface area contributed by atoms with Gasteiger partial charge in [-0.15, -0.1) is 24.0 Å². The van der Waals surface area contributed by atoms with Crippen LogP contribution in [-0.4, -0.2) is 63.0 Å². The summed E-state index contributed by atoms with van der Waals surface area (Å²) in [5.41, 5.74) is 1.19. The van der Waals surface area contributed by atoms with Crippen molar-refractivity contribution in [3.8, 4) is 0 Å². The van der Waals surface area contributed by atoms with Crippen LogP contribution in [-0.2, 0) is 16.0 Å². The SMILES string of the molecule is CCNC(=NCc1ccnc(N2CCCC2)c1)NCCCOCC1CCCO1.I. The fourth-order valence-corrected chi connectivity index (χ4v) is 3.56. The van der Waals surface area contributed by atoms with Crippen LogP contribution in [0.4, 0.5) is 5.82 Å². The van der Waals surface area contributed by atoms with E-state index in [1.54, 1.807) is 0 Å². The number of hydrogen-bond donors (Lipinski definition) is 2. The number of nitrogens with one attached hydrogen (secondary N) is 2. The Morgan fingerprint density at radius 3 is 2.93 bits per heavy atom. The highest BCUT2D eigenvalue weighted by Crippen LogP contribution is 2.18. The topological polar surface area (TPSA) is 71.0 Å². The van der Waals surface area contributed by atoms with Crippen molar-refractivity contribution in [2.45, 2.75) is 51.7 Å². The Bertz CT molecular complexity index is 604. The monoisotopic (exact) mass is 517 g/mol. The minimum atomic E-state index is 0. The molecule has 1 atom stereocenters. The lowest BCUT2D eigenvalue weighted by atomic mass is 10.2. The molecule has 164 valence electrons. The molecule has 0 saturated carbocycles. The third kappa shape index (κ3) is 8.64. The zero-order valence-electron chi connectivity index (χ0n) is 17.6. The number of rotatable bonds is 10. The lowest BCUT2D eigenvalue weighted by Crippen LogP contribution is -2.38. The summed E-state index contributed by atoms with van der Waals surface area (Å²) in [6, 6.07) is 4.21. The highest BCUT2D eigenvalue weighted by molar-refractivity contribution is 14.0. The summed E-state index contributed by atoms with van der Waals surface area (Å²) in [5, 5.41) is 6.70. The van der Waals surface area contributed by atoms with E-state index in [2.05, 4.69) is 33.5 Å². The molecule has 3 rings (SSSR count). The molecule has 8 heteroatoms. The minimum absolute atomic E-state index is 0. The maximum atomic E-state index is 5.71. The number of hydrogen-bond acceptors (Lipinski definition) is 5. The van der Waals surface area contributed by atoms with E-state index in [9.17, 15) is 0 Å². The van der Waals surface area contributed by atoms with Gasteiger partial charge < -0.3 is 25.0 Å². The van der Waals surface area contributed by atoms with E-state index < -0.39 is 0 Å². The Morgan fingerprint density at radius 2 is 2.17 bits per heavy atom. The zero-order chi connectivity index (χ0) is 19.4. The number of aromatic nitrogens is 1. The van der Waals surface area contributed by atoms with Crippen molar-refractivity contribution in [3.05, 3.63) is 23.9 Å². The molecule has 1 aromatic rings. The predicted octanol–water partition coefficient (Wildman–Crippen LogP) is 2.94. The van der Waals surface area contributed by atoms with Crippen molar-refractivity contribution in [3.63, 3.8) is 0 Å². The van der Waals surface area contributed by atoms with Crippen LogP contribution < -0.4 is 15.5 Å². The van der Waals surface area contributed by atoms with Gasteiger partial charge in [-0.25, -0.2) is 9.98 Å². The Morgan fingerprint density at radius 1 is 1.31 bits per heavy atom. The molecule has 7 nitrogen and oxygen atoms in total. The molecule has 2 fully saturated rings. The molecule has 2 aliphatic rings. The van der Waals surface area contributed by atoms with Gasteiger partial charge in [0.2, 0.25) is 0 Å². The average molecular weight is 517 g/mol. The van der Waals surface area contributed by atoms with Gasteiger partial charge in [-0.1, -0.05) is 0 Å². The van der Waals surface area contributed by atoms with Crippen LogP contribution in [0, 0.1) is 0 Å². The molecule has 0 aliphatic carbocycles. The van der Waals surface area contributed by atoms with Gasteiger partial charge in [0.15, 0.2) is 5.96 Å². The number of nitrogens with zero attached hydrogens (tertiary/aromatic N) is 3. The molecule has 2 N–H and O–H groups in total. The number of pyridine rings is 1. The summed E-state index contributed by atoms with van der Waals surface area (Å²) in [6.45, 7) is 8.98. The first kappa shape index (κ1) is 24.1. The second kappa shape index (κ2) is 14.0. The third-order valence-electron chi connectivity index (χ3n) is 5.09. The normalized spacial score (nSPS) is 19.3. The van der Waals surface area contributed by atoms with Gasteiger partial charge in [0.05, 0.1) is 19.3 Å². The fraction of sp³-hybridized carbons (Fsp3) is 0.714. The minimum Gasteiger partial charge on any atom is -0.379 e. The summed E-state index contributed by atoms with van der Waals surface area (Å²) < 4.78 is 11.3. The quantitative estimate of drug-likeness (QED) is 0.215. The molecule has 0 spiro atoms. The molecule has 0 bridgehead atoms. The Balaban J connectivity index is 0.00000300. The first-order chi connectivity index (χ1) is 13.8. The molecule has 0 radical (unpaired) electrons. The molecule has 1 aromatic heterocycles. The van der Waals surface area contributed by atoms with Crippen LogP contribution >= 0.6 is 24.0 Å². The van der Waals surface area contributed by atoms with E-state index in [1.807, 2.05) is 12.3 Å². The maximum absolute atomic E-state index is 5.71. The lowest BCUT2D eigenvalue weighted by Gasteiger charge is -2.16. The summed E-state index contributed by atoms with van der Waals surface area (Å²) >= 11 is 0. The summed E-state index contributed by atoms with van der Waals surface area (Å²) in [6.07, 6.45) is 7.96. The number of halogens is 1.